The number of ether oxygens (including phenoxy) is 1. The van der Waals surface area contributed by atoms with Crippen LogP contribution in [-0.4, -0.2) is 17.6 Å². The van der Waals surface area contributed by atoms with Crippen molar-refractivity contribution in [3.8, 4) is 5.75 Å². The van der Waals surface area contributed by atoms with Crippen molar-refractivity contribution in [2.45, 2.75) is 0 Å². The molecule has 1 aliphatic heterocycles. The first-order valence-corrected chi connectivity index (χ1v) is 7.96. The van der Waals surface area contributed by atoms with Crippen LogP contribution >= 0.6 is 12.2 Å². The molecular formula is C19H15FN2O2S. The Labute approximate surface area is 150 Å². The van der Waals surface area contributed by atoms with Gasteiger partial charge in [0.15, 0.2) is 5.11 Å². The third-order valence-corrected chi connectivity index (χ3v) is 3.82. The lowest BCUT2D eigenvalue weighted by Gasteiger charge is -2.14. The Morgan fingerprint density at radius 3 is 2.60 bits per heavy atom. The molecular weight excluding hydrogens is 339 g/mol. The van der Waals surface area contributed by atoms with Crippen molar-refractivity contribution in [2.75, 3.05) is 11.5 Å². The molecule has 6 heteroatoms. The second kappa shape index (κ2) is 7.27. The summed E-state index contributed by atoms with van der Waals surface area (Å²) < 4.78 is 19.4. The molecule has 4 nitrogen and oxygen atoms in total. The summed E-state index contributed by atoms with van der Waals surface area (Å²) in [7, 11) is 0. The van der Waals surface area contributed by atoms with E-state index < -0.39 is 11.7 Å². The maximum atomic E-state index is 14.0. The van der Waals surface area contributed by atoms with Gasteiger partial charge in [0.1, 0.15) is 23.9 Å². The van der Waals surface area contributed by atoms with Crippen molar-refractivity contribution >= 4 is 35.0 Å². The fraction of sp³-hybridized carbons (Fsp3) is 0.0526. The van der Waals surface area contributed by atoms with E-state index >= 15 is 0 Å². The van der Waals surface area contributed by atoms with E-state index in [1.54, 1.807) is 36.4 Å². The summed E-state index contributed by atoms with van der Waals surface area (Å²) in [6.45, 7) is 4.01. The van der Waals surface area contributed by atoms with Crippen molar-refractivity contribution in [2.24, 2.45) is 0 Å². The van der Waals surface area contributed by atoms with Crippen LogP contribution < -0.4 is 15.0 Å². The number of carbonyl (C=O) groups excluding carboxylic acids is 1. The van der Waals surface area contributed by atoms with Crippen molar-refractivity contribution in [3.05, 3.63) is 78.3 Å². The molecule has 0 radical (unpaired) electrons. The topological polar surface area (TPSA) is 41.6 Å². The van der Waals surface area contributed by atoms with Gasteiger partial charge in [0.05, 0.1) is 5.69 Å². The number of rotatable bonds is 5. The van der Waals surface area contributed by atoms with Gasteiger partial charge in [-0.1, -0.05) is 36.9 Å². The smallest absolute Gasteiger partial charge is 0.281 e. The quantitative estimate of drug-likeness (QED) is 0.506. The Balaban J connectivity index is 1.83. The average molecular weight is 354 g/mol. The minimum atomic E-state index is -0.509. The van der Waals surface area contributed by atoms with Gasteiger partial charge >= 0.3 is 0 Å². The summed E-state index contributed by atoms with van der Waals surface area (Å²) in [6.07, 6.45) is 3.32. The fourth-order valence-electron chi connectivity index (χ4n) is 2.37. The number of amides is 1. The van der Waals surface area contributed by atoms with Gasteiger partial charge < -0.3 is 10.1 Å². The number of anilines is 1. The van der Waals surface area contributed by atoms with E-state index in [-0.39, 0.29) is 16.5 Å². The minimum absolute atomic E-state index is 0.126. The molecule has 126 valence electrons. The van der Waals surface area contributed by atoms with Crippen LogP contribution in [0, 0.1) is 5.82 Å². The van der Waals surface area contributed by atoms with Crippen LogP contribution in [0.1, 0.15) is 5.56 Å². The predicted octanol–water partition coefficient (Wildman–Crippen LogP) is 3.65. The number of benzene rings is 2. The lowest BCUT2D eigenvalue weighted by molar-refractivity contribution is -0.113. The molecule has 0 atom stereocenters. The van der Waals surface area contributed by atoms with E-state index in [0.717, 1.165) is 10.5 Å². The summed E-state index contributed by atoms with van der Waals surface area (Å²) in [4.78, 5) is 13.7. The van der Waals surface area contributed by atoms with Gasteiger partial charge in [-0.05, 0) is 48.1 Å². The monoisotopic (exact) mass is 354 g/mol. The van der Waals surface area contributed by atoms with Crippen LogP contribution in [0.5, 0.6) is 5.75 Å². The molecule has 1 heterocycles. The van der Waals surface area contributed by atoms with Crippen LogP contribution in [0.25, 0.3) is 6.08 Å². The number of para-hydroxylation sites is 1. The van der Waals surface area contributed by atoms with Gasteiger partial charge in [0.25, 0.3) is 5.91 Å². The van der Waals surface area contributed by atoms with E-state index in [1.807, 2.05) is 12.1 Å². The van der Waals surface area contributed by atoms with Gasteiger partial charge in [-0.3, -0.25) is 4.79 Å². The highest BCUT2D eigenvalue weighted by Crippen LogP contribution is 2.25. The van der Waals surface area contributed by atoms with Gasteiger partial charge in [0.2, 0.25) is 0 Å². The van der Waals surface area contributed by atoms with Gasteiger partial charge in [-0.15, -0.1) is 0 Å². The zero-order valence-corrected chi connectivity index (χ0v) is 14.1. The zero-order valence-electron chi connectivity index (χ0n) is 13.2. The molecule has 25 heavy (non-hydrogen) atoms. The van der Waals surface area contributed by atoms with Crippen LogP contribution in [0.4, 0.5) is 10.1 Å². The lowest BCUT2D eigenvalue weighted by atomic mass is 10.2. The SMILES string of the molecule is C=CCOc1ccc(/C=C2/NC(=S)N(c3ccccc3F)C2=O)cc1. The molecule has 0 unspecified atom stereocenters. The molecule has 0 aromatic heterocycles. The molecule has 1 fully saturated rings. The Morgan fingerprint density at radius 1 is 1.20 bits per heavy atom. The summed E-state index contributed by atoms with van der Waals surface area (Å²) >= 11 is 5.18. The Hall–Kier alpha value is -2.99. The first-order valence-electron chi connectivity index (χ1n) is 7.55. The Morgan fingerprint density at radius 2 is 1.92 bits per heavy atom. The molecule has 1 saturated heterocycles. The minimum Gasteiger partial charge on any atom is -0.490 e. The fourth-order valence-corrected chi connectivity index (χ4v) is 2.66. The highest BCUT2D eigenvalue weighted by Gasteiger charge is 2.33. The molecule has 0 bridgehead atoms. The standard InChI is InChI=1S/C19H15FN2O2S/c1-2-11-24-14-9-7-13(8-10-14)12-16-18(23)22(19(25)21-16)17-6-4-3-5-15(17)20/h2-10,12H,1,11H2,(H,21,25)/b16-12+. The number of halogens is 1. The molecule has 3 rings (SSSR count). The van der Waals surface area contributed by atoms with E-state index in [9.17, 15) is 9.18 Å². The van der Waals surface area contributed by atoms with E-state index in [1.165, 1.54) is 12.1 Å². The predicted molar refractivity (Wildman–Crippen MR) is 99.7 cm³/mol. The average Bonchev–Trinajstić information content (AvgIpc) is 2.89. The number of thiocarbonyl (C=S) groups is 1. The lowest BCUT2D eigenvalue weighted by Crippen LogP contribution is -2.31. The van der Waals surface area contributed by atoms with Crippen molar-refractivity contribution < 1.29 is 13.9 Å². The van der Waals surface area contributed by atoms with Crippen LogP contribution in [-0.2, 0) is 4.79 Å². The van der Waals surface area contributed by atoms with Crippen LogP contribution in [0.2, 0.25) is 0 Å². The molecule has 0 saturated carbocycles. The van der Waals surface area contributed by atoms with Crippen molar-refractivity contribution in [3.63, 3.8) is 0 Å². The first-order chi connectivity index (χ1) is 12.1. The molecule has 1 aliphatic rings. The van der Waals surface area contributed by atoms with Gasteiger partial charge in [-0.25, -0.2) is 9.29 Å². The summed E-state index contributed by atoms with van der Waals surface area (Å²) in [5.74, 6) is -0.205. The van der Waals surface area contributed by atoms with Crippen LogP contribution in [0.15, 0.2) is 66.9 Å². The highest BCUT2D eigenvalue weighted by atomic mass is 32.1. The highest BCUT2D eigenvalue weighted by molar-refractivity contribution is 7.80. The maximum Gasteiger partial charge on any atom is 0.281 e. The number of nitrogens with one attached hydrogen (secondary N) is 1. The first kappa shape index (κ1) is 16.9. The number of nitrogens with zero attached hydrogens (tertiary/aromatic N) is 1. The molecule has 0 spiro atoms. The second-order valence-electron chi connectivity index (χ2n) is 5.25. The van der Waals surface area contributed by atoms with Gasteiger partial charge in [-0.2, -0.15) is 0 Å². The van der Waals surface area contributed by atoms with Crippen molar-refractivity contribution in [1.82, 2.24) is 5.32 Å². The number of hydrogen-bond donors (Lipinski definition) is 1. The summed E-state index contributed by atoms with van der Waals surface area (Å²) in [6, 6.07) is 13.2. The largest absolute Gasteiger partial charge is 0.490 e. The van der Waals surface area contributed by atoms with E-state index in [2.05, 4.69) is 11.9 Å². The number of hydrogen-bond acceptors (Lipinski definition) is 3. The molecule has 0 aliphatic carbocycles. The Bertz CT molecular complexity index is 862. The summed E-state index contributed by atoms with van der Waals surface area (Å²) in [5, 5.41) is 2.98. The third kappa shape index (κ3) is 3.59. The van der Waals surface area contributed by atoms with Crippen molar-refractivity contribution in [1.29, 1.82) is 0 Å². The molecule has 1 N–H and O–H groups in total. The number of carbonyl (C=O) groups is 1. The summed E-state index contributed by atoms with van der Waals surface area (Å²) in [5.41, 5.74) is 1.20. The van der Waals surface area contributed by atoms with E-state index in [0.29, 0.717) is 12.4 Å². The van der Waals surface area contributed by atoms with Crippen LogP contribution in [0.3, 0.4) is 0 Å². The molecule has 1 amide bonds. The maximum absolute atomic E-state index is 14.0. The zero-order chi connectivity index (χ0) is 17.8. The van der Waals surface area contributed by atoms with E-state index in [4.69, 9.17) is 17.0 Å². The molecule has 2 aromatic rings. The normalized spacial score (nSPS) is 15.4. The molecule has 2 aromatic carbocycles. The Kier molecular flexibility index (Phi) is 4.90. The second-order valence-corrected chi connectivity index (χ2v) is 5.64. The third-order valence-electron chi connectivity index (χ3n) is 3.53. The van der Waals surface area contributed by atoms with Gasteiger partial charge in [0, 0.05) is 0 Å².